The van der Waals surface area contributed by atoms with Crippen molar-refractivity contribution in [3.05, 3.63) is 37.7 Å². The minimum Gasteiger partial charge on any atom is -0.292 e. The second-order valence-corrected chi connectivity index (χ2v) is 4.54. The molecule has 0 saturated heterocycles. The fourth-order valence-corrected chi connectivity index (χ4v) is 2.16. The average Bonchev–Trinajstić information content (AvgIpc) is 2.35. The number of nitriles is 2. The summed E-state index contributed by atoms with van der Waals surface area (Å²) >= 11 is 9.18. The van der Waals surface area contributed by atoms with Crippen LogP contribution >= 0.6 is 27.5 Å². The average molecular weight is 324 g/mol. The first-order chi connectivity index (χ1) is 8.60. The van der Waals surface area contributed by atoms with Crippen molar-refractivity contribution < 1.29 is 0 Å². The van der Waals surface area contributed by atoms with Crippen LogP contribution in [0.1, 0.15) is 5.56 Å². The summed E-state index contributed by atoms with van der Waals surface area (Å²) in [4.78, 5) is 16.1. The van der Waals surface area contributed by atoms with E-state index < -0.39 is 5.56 Å². The van der Waals surface area contributed by atoms with Crippen molar-refractivity contribution in [3.63, 3.8) is 0 Å². The number of halogens is 2. The minimum atomic E-state index is -0.583. The second kappa shape index (κ2) is 4.77. The molecule has 0 aliphatic heterocycles. The van der Waals surface area contributed by atoms with Gasteiger partial charge in [0.05, 0.1) is 16.6 Å². The molecular formula is C11H4BrClN4O. The molecule has 0 unspecified atom stereocenters. The van der Waals surface area contributed by atoms with E-state index in [1.165, 1.54) is 4.57 Å². The van der Waals surface area contributed by atoms with Gasteiger partial charge in [-0.25, -0.2) is 4.98 Å². The van der Waals surface area contributed by atoms with Crippen molar-refractivity contribution in [2.75, 3.05) is 0 Å². The van der Waals surface area contributed by atoms with Crippen molar-refractivity contribution in [3.8, 4) is 12.1 Å². The van der Waals surface area contributed by atoms with Crippen LogP contribution in [-0.4, -0.2) is 9.55 Å². The zero-order chi connectivity index (χ0) is 13.3. The first-order valence-corrected chi connectivity index (χ1v) is 5.93. The molecule has 2 heterocycles. The molecular weight excluding hydrogens is 320 g/mol. The first kappa shape index (κ1) is 12.6. The maximum absolute atomic E-state index is 12.0. The molecule has 0 N–H and O–H groups in total. The fourth-order valence-electron chi connectivity index (χ4n) is 1.59. The molecule has 5 nitrogen and oxygen atoms in total. The Morgan fingerprint density at radius 1 is 1.44 bits per heavy atom. The first-order valence-electron chi connectivity index (χ1n) is 4.75. The normalized spacial score (nSPS) is 10.0. The van der Waals surface area contributed by atoms with E-state index in [1.807, 2.05) is 6.07 Å². The van der Waals surface area contributed by atoms with Crippen LogP contribution in [0.5, 0.6) is 0 Å². The van der Waals surface area contributed by atoms with E-state index in [9.17, 15) is 4.79 Å². The smallest absolute Gasteiger partial charge is 0.271 e. The van der Waals surface area contributed by atoms with Gasteiger partial charge in [-0.1, -0.05) is 11.6 Å². The predicted octanol–water partition coefficient (Wildman–Crippen LogP) is 2.21. The van der Waals surface area contributed by atoms with Crippen molar-refractivity contribution in [2.45, 2.75) is 6.54 Å². The standard InChI is InChI=1S/C11H4BrClN4O/c12-8-2-1-7-10(16-8)9(13)6(5-15)11(18)17(7)4-3-14/h1-2H,4H2. The largest absolute Gasteiger partial charge is 0.292 e. The van der Waals surface area contributed by atoms with Gasteiger partial charge < -0.3 is 0 Å². The van der Waals surface area contributed by atoms with E-state index >= 15 is 0 Å². The number of aromatic nitrogens is 2. The van der Waals surface area contributed by atoms with E-state index in [4.69, 9.17) is 22.1 Å². The topological polar surface area (TPSA) is 82.5 Å². The number of hydrogen-bond donors (Lipinski definition) is 0. The molecule has 0 aliphatic carbocycles. The zero-order valence-corrected chi connectivity index (χ0v) is 11.2. The van der Waals surface area contributed by atoms with Gasteiger partial charge in [-0.05, 0) is 28.1 Å². The Bertz CT molecular complexity index is 785. The van der Waals surface area contributed by atoms with E-state index in [2.05, 4.69) is 20.9 Å². The number of fused-ring (bicyclic) bond motifs is 1. The van der Waals surface area contributed by atoms with Crippen LogP contribution in [0.2, 0.25) is 5.02 Å². The Morgan fingerprint density at radius 2 is 2.17 bits per heavy atom. The molecule has 0 atom stereocenters. The van der Waals surface area contributed by atoms with Crippen LogP contribution in [0.4, 0.5) is 0 Å². The van der Waals surface area contributed by atoms with E-state index in [0.29, 0.717) is 15.6 Å². The molecule has 2 rings (SSSR count). The summed E-state index contributed by atoms with van der Waals surface area (Å²) in [5.74, 6) is 0. The minimum absolute atomic E-state index is 0.00740. The van der Waals surface area contributed by atoms with Crippen LogP contribution in [0.25, 0.3) is 11.0 Å². The highest BCUT2D eigenvalue weighted by Crippen LogP contribution is 2.24. The second-order valence-electron chi connectivity index (χ2n) is 3.35. The fraction of sp³-hybridized carbons (Fsp3) is 0.0909. The van der Waals surface area contributed by atoms with E-state index in [1.54, 1.807) is 18.2 Å². The summed E-state index contributed by atoms with van der Waals surface area (Å²) < 4.78 is 1.71. The third kappa shape index (κ3) is 1.86. The number of pyridine rings is 2. The van der Waals surface area contributed by atoms with Gasteiger partial charge >= 0.3 is 0 Å². The van der Waals surface area contributed by atoms with Gasteiger partial charge in [0.25, 0.3) is 5.56 Å². The molecule has 0 aromatic carbocycles. The number of nitrogens with zero attached hydrogens (tertiary/aromatic N) is 4. The van der Waals surface area contributed by atoms with Gasteiger partial charge in [0.15, 0.2) is 0 Å². The maximum atomic E-state index is 12.0. The Hall–Kier alpha value is -1.89. The van der Waals surface area contributed by atoms with E-state index in [0.717, 1.165) is 0 Å². The SMILES string of the molecule is N#CCn1c(=O)c(C#N)c(Cl)c2nc(Br)ccc21. The van der Waals surface area contributed by atoms with Crippen molar-refractivity contribution in [2.24, 2.45) is 0 Å². The van der Waals surface area contributed by atoms with Gasteiger partial charge in [0.1, 0.15) is 28.3 Å². The summed E-state index contributed by atoms with van der Waals surface area (Å²) in [6.07, 6.45) is 0. The van der Waals surface area contributed by atoms with Gasteiger partial charge in [-0.2, -0.15) is 10.5 Å². The van der Waals surface area contributed by atoms with Gasteiger partial charge in [-0.15, -0.1) is 0 Å². The summed E-state index contributed by atoms with van der Waals surface area (Å²) in [5, 5.41) is 17.7. The van der Waals surface area contributed by atoms with Crippen LogP contribution in [-0.2, 0) is 6.54 Å². The van der Waals surface area contributed by atoms with Crippen LogP contribution in [0, 0.1) is 22.7 Å². The summed E-state index contributed by atoms with van der Waals surface area (Å²) in [5.41, 5.74) is -0.0446. The highest BCUT2D eigenvalue weighted by Gasteiger charge is 2.16. The van der Waals surface area contributed by atoms with Gasteiger partial charge in [-0.3, -0.25) is 9.36 Å². The summed E-state index contributed by atoms with van der Waals surface area (Å²) in [7, 11) is 0. The Balaban J connectivity index is 3.04. The molecule has 7 heteroatoms. The highest BCUT2D eigenvalue weighted by molar-refractivity contribution is 9.10. The number of hydrogen-bond acceptors (Lipinski definition) is 4. The van der Waals surface area contributed by atoms with E-state index in [-0.39, 0.29) is 17.1 Å². The molecule has 2 aromatic heterocycles. The Labute approximate surface area is 115 Å². The Morgan fingerprint density at radius 3 is 2.78 bits per heavy atom. The molecule has 18 heavy (non-hydrogen) atoms. The molecule has 0 aliphatic rings. The third-order valence-electron chi connectivity index (χ3n) is 2.36. The lowest BCUT2D eigenvalue weighted by atomic mass is 10.2. The monoisotopic (exact) mass is 322 g/mol. The lowest BCUT2D eigenvalue weighted by molar-refractivity contribution is 0.821. The summed E-state index contributed by atoms with van der Waals surface area (Å²) in [6, 6.07) is 6.88. The van der Waals surface area contributed by atoms with Crippen molar-refractivity contribution >= 4 is 38.6 Å². The third-order valence-corrected chi connectivity index (χ3v) is 3.17. The number of rotatable bonds is 1. The Kier molecular flexibility index (Phi) is 3.33. The molecule has 2 aromatic rings. The summed E-state index contributed by atoms with van der Waals surface area (Å²) in [6.45, 7) is -0.162. The zero-order valence-electron chi connectivity index (χ0n) is 8.81. The quantitative estimate of drug-likeness (QED) is 0.753. The predicted molar refractivity (Wildman–Crippen MR) is 69.0 cm³/mol. The van der Waals surface area contributed by atoms with Gasteiger partial charge in [0.2, 0.25) is 0 Å². The van der Waals surface area contributed by atoms with Crippen LogP contribution in [0.3, 0.4) is 0 Å². The molecule has 0 bridgehead atoms. The van der Waals surface area contributed by atoms with Crippen molar-refractivity contribution in [1.29, 1.82) is 10.5 Å². The molecule has 0 amide bonds. The molecule has 0 radical (unpaired) electrons. The van der Waals surface area contributed by atoms with Crippen molar-refractivity contribution in [1.82, 2.24) is 9.55 Å². The molecule has 0 fully saturated rings. The van der Waals surface area contributed by atoms with Gasteiger partial charge in [0, 0.05) is 0 Å². The molecule has 88 valence electrons. The lowest BCUT2D eigenvalue weighted by Crippen LogP contribution is -2.23. The van der Waals surface area contributed by atoms with Crippen LogP contribution in [0.15, 0.2) is 21.5 Å². The van der Waals surface area contributed by atoms with Crippen LogP contribution < -0.4 is 5.56 Å². The molecule has 0 saturated carbocycles. The maximum Gasteiger partial charge on any atom is 0.271 e. The molecule has 0 spiro atoms. The lowest BCUT2D eigenvalue weighted by Gasteiger charge is -2.08. The highest BCUT2D eigenvalue weighted by atomic mass is 79.9.